The fraction of sp³-hybridized carbons (Fsp3) is 0.929. The van der Waals surface area contributed by atoms with E-state index in [4.69, 9.17) is 5.73 Å². The van der Waals surface area contributed by atoms with Crippen LogP contribution in [0.2, 0.25) is 0 Å². The molecule has 1 fully saturated rings. The molecule has 1 rings (SSSR count). The standard InChI is InChI=1S/C14H29N3O/c1-3-14(15,4-2)13(18)16-9-12-17-10-7-5-6-8-11-17/h3-12,15H2,1-2H3,(H,16,18). The SMILES string of the molecule is CCC(N)(CC)C(=O)NCCN1CCCCCC1. The molecule has 1 aliphatic heterocycles. The Bertz CT molecular complexity index is 243. The summed E-state index contributed by atoms with van der Waals surface area (Å²) in [4.78, 5) is 14.4. The molecule has 4 nitrogen and oxygen atoms in total. The fourth-order valence-electron chi connectivity index (χ4n) is 2.43. The van der Waals surface area contributed by atoms with E-state index in [9.17, 15) is 4.79 Å². The number of likely N-dealkylation sites (tertiary alicyclic amines) is 1. The van der Waals surface area contributed by atoms with E-state index in [2.05, 4.69) is 10.2 Å². The highest BCUT2D eigenvalue weighted by molar-refractivity contribution is 5.85. The number of hydrogen-bond acceptors (Lipinski definition) is 3. The van der Waals surface area contributed by atoms with Gasteiger partial charge in [-0.15, -0.1) is 0 Å². The molecule has 0 atom stereocenters. The van der Waals surface area contributed by atoms with Gasteiger partial charge in [0.2, 0.25) is 5.91 Å². The molecule has 0 spiro atoms. The molecule has 18 heavy (non-hydrogen) atoms. The largest absolute Gasteiger partial charge is 0.353 e. The van der Waals surface area contributed by atoms with Crippen LogP contribution in [0.25, 0.3) is 0 Å². The Kier molecular flexibility index (Phi) is 6.65. The van der Waals surface area contributed by atoms with Crippen LogP contribution in [0, 0.1) is 0 Å². The lowest BCUT2D eigenvalue weighted by Crippen LogP contribution is -2.54. The van der Waals surface area contributed by atoms with Crippen molar-refractivity contribution >= 4 is 5.91 Å². The van der Waals surface area contributed by atoms with Crippen molar-refractivity contribution in [3.8, 4) is 0 Å². The zero-order chi connectivity index (χ0) is 13.4. The third-order valence-corrected chi connectivity index (χ3v) is 4.13. The molecule has 4 heteroatoms. The van der Waals surface area contributed by atoms with Gasteiger partial charge >= 0.3 is 0 Å². The van der Waals surface area contributed by atoms with Gasteiger partial charge in [-0.25, -0.2) is 0 Å². The van der Waals surface area contributed by atoms with E-state index in [0.29, 0.717) is 12.8 Å². The normalized spacial score (nSPS) is 18.4. The second-order valence-electron chi connectivity index (χ2n) is 5.38. The van der Waals surface area contributed by atoms with Gasteiger partial charge < -0.3 is 16.0 Å². The fourth-order valence-corrected chi connectivity index (χ4v) is 2.43. The van der Waals surface area contributed by atoms with Gasteiger partial charge in [-0.1, -0.05) is 26.7 Å². The second kappa shape index (κ2) is 7.74. The number of nitrogens with two attached hydrogens (primary N) is 1. The summed E-state index contributed by atoms with van der Waals surface area (Å²) in [6.07, 6.45) is 6.66. The Labute approximate surface area is 111 Å². The maximum Gasteiger partial charge on any atom is 0.240 e. The molecule has 0 unspecified atom stereocenters. The molecule has 0 radical (unpaired) electrons. The molecule has 106 valence electrons. The first-order valence-corrected chi connectivity index (χ1v) is 7.42. The zero-order valence-electron chi connectivity index (χ0n) is 12.0. The quantitative estimate of drug-likeness (QED) is 0.756. The van der Waals surface area contributed by atoms with E-state index in [1.54, 1.807) is 0 Å². The van der Waals surface area contributed by atoms with E-state index >= 15 is 0 Å². The molecule has 0 aromatic rings. The Balaban J connectivity index is 2.25. The first-order valence-electron chi connectivity index (χ1n) is 7.42. The summed E-state index contributed by atoms with van der Waals surface area (Å²) in [7, 11) is 0. The van der Waals surface area contributed by atoms with Gasteiger partial charge in [0.05, 0.1) is 5.54 Å². The van der Waals surface area contributed by atoms with Gasteiger partial charge in [0.1, 0.15) is 0 Å². The lowest BCUT2D eigenvalue weighted by Gasteiger charge is -2.26. The summed E-state index contributed by atoms with van der Waals surface area (Å²) >= 11 is 0. The van der Waals surface area contributed by atoms with E-state index in [1.807, 2.05) is 13.8 Å². The van der Waals surface area contributed by atoms with Crippen LogP contribution in [-0.4, -0.2) is 42.5 Å². The maximum absolute atomic E-state index is 12.0. The molecule has 0 saturated carbocycles. The van der Waals surface area contributed by atoms with Crippen LogP contribution in [0.15, 0.2) is 0 Å². The van der Waals surface area contributed by atoms with E-state index in [-0.39, 0.29) is 5.91 Å². The van der Waals surface area contributed by atoms with E-state index in [0.717, 1.165) is 13.1 Å². The molecular formula is C14H29N3O. The first kappa shape index (κ1) is 15.4. The summed E-state index contributed by atoms with van der Waals surface area (Å²) in [6, 6.07) is 0. The number of nitrogens with zero attached hydrogens (tertiary/aromatic N) is 1. The highest BCUT2D eigenvalue weighted by atomic mass is 16.2. The molecule has 1 heterocycles. The second-order valence-corrected chi connectivity index (χ2v) is 5.38. The lowest BCUT2D eigenvalue weighted by molar-refractivity contribution is -0.126. The van der Waals surface area contributed by atoms with Crippen LogP contribution in [0.5, 0.6) is 0 Å². The number of carbonyl (C=O) groups excluding carboxylic acids is 1. The van der Waals surface area contributed by atoms with Crippen LogP contribution in [-0.2, 0) is 4.79 Å². The summed E-state index contributed by atoms with van der Waals surface area (Å²) in [5.74, 6) is 0.00215. The van der Waals surface area contributed by atoms with Gasteiger partial charge in [0.25, 0.3) is 0 Å². The van der Waals surface area contributed by atoms with Crippen LogP contribution >= 0.6 is 0 Å². The van der Waals surface area contributed by atoms with Crippen molar-refractivity contribution in [3.05, 3.63) is 0 Å². The molecule has 0 aromatic heterocycles. The van der Waals surface area contributed by atoms with Crippen molar-refractivity contribution in [1.82, 2.24) is 10.2 Å². The number of hydrogen-bond donors (Lipinski definition) is 2. The van der Waals surface area contributed by atoms with Gasteiger partial charge in [0.15, 0.2) is 0 Å². The summed E-state index contributed by atoms with van der Waals surface area (Å²) in [5.41, 5.74) is 5.38. The monoisotopic (exact) mass is 255 g/mol. The predicted molar refractivity (Wildman–Crippen MR) is 75.4 cm³/mol. The average Bonchev–Trinajstić information content (AvgIpc) is 2.66. The minimum absolute atomic E-state index is 0.00215. The van der Waals surface area contributed by atoms with Crippen molar-refractivity contribution in [1.29, 1.82) is 0 Å². The van der Waals surface area contributed by atoms with Crippen molar-refractivity contribution in [3.63, 3.8) is 0 Å². The van der Waals surface area contributed by atoms with Crippen LogP contribution in [0.1, 0.15) is 52.4 Å². The van der Waals surface area contributed by atoms with Crippen molar-refractivity contribution in [2.45, 2.75) is 57.9 Å². The molecule has 0 bridgehead atoms. The van der Waals surface area contributed by atoms with Gasteiger partial charge in [-0.3, -0.25) is 4.79 Å². The van der Waals surface area contributed by atoms with Gasteiger partial charge in [-0.05, 0) is 38.8 Å². The van der Waals surface area contributed by atoms with Crippen molar-refractivity contribution in [2.75, 3.05) is 26.2 Å². The third-order valence-electron chi connectivity index (χ3n) is 4.13. The number of amides is 1. The number of carbonyl (C=O) groups is 1. The Morgan fingerprint density at radius 3 is 2.22 bits per heavy atom. The summed E-state index contributed by atoms with van der Waals surface area (Å²) < 4.78 is 0. The Hall–Kier alpha value is -0.610. The Morgan fingerprint density at radius 1 is 1.17 bits per heavy atom. The Morgan fingerprint density at radius 2 is 1.72 bits per heavy atom. The minimum atomic E-state index is -0.682. The van der Waals surface area contributed by atoms with Gasteiger partial charge in [0, 0.05) is 13.1 Å². The highest BCUT2D eigenvalue weighted by Gasteiger charge is 2.29. The molecule has 0 aliphatic carbocycles. The number of nitrogens with one attached hydrogen (secondary N) is 1. The molecule has 1 amide bonds. The van der Waals surface area contributed by atoms with E-state index < -0.39 is 5.54 Å². The average molecular weight is 255 g/mol. The van der Waals surface area contributed by atoms with Crippen LogP contribution in [0.3, 0.4) is 0 Å². The number of rotatable bonds is 6. The van der Waals surface area contributed by atoms with Crippen molar-refractivity contribution in [2.24, 2.45) is 5.73 Å². The van der Waals surface area contributed by atoms with Crippen molar-refractivity contribution < 1.29 is 4.79 Å². The molecule has 3 N–H and O–H groups in total. The summed E-state index contributed by atoms with van der Waals surface area (Å²) in [5, 5.41) is 2.99. The zero-order valence-corrected chi connectivity index (χ0v) is 12.0. The predicted octanol–water partition coefficient (Wildman–Crippen LogP) is 1.50. The van der Waals surface area contributed by atoms with Crippen LogP contribution in [0.4, 0.5) is 0 Å². The highest BCUT2D eigenvalue weighted by Crippen LogP contribution is 2.11. The molecule has 1 saturated heterocycles. The maximum atomic E-state index is 12.0. The van der Waals surface area contributed by atoms with Gasteiger partial charge in [-0.2, -0.15) is 0 Å². The van der Waals surface area contributed by atoms with E-state index in [1.165, 1.54) is 38.8 Å². The molecular weight excluding hydrogens is 226 g/mol. The minimum Gasteiger partial charge on any atom is -0.353 e. The first-order chi connectivity index (χ1) is 8.62. The molecule has 0 aromatic carbocycles. The summed E-state index contributed by atoms with van der Waals surface area (Å²) in [6.45, 7) is 7.96. The molecule has 1 aliphatic rings. The van der Waals surface area contributed by atoms with Crippen LogP contribution < -0.4 is 11.1 Å². The topological polar surface area (TPSA) is 58.4 Å². The smallest absolute Gasteiger partial charge is 0.240 e. The lowest BCUT2D eigenvalue weighted by atomic mass is 9.93. The third kappa shape index (κ3) is 4.58.